The Labute approximate surface area is 119 Å². The predicted molar refractivity (Wildman–Crippen MR) is 74.3 cm³/mol. The lowest BCUT2D eigenvalue weighted by molar-refractivity contribution is 0.625. The Balaban J connectivity index is 1.99. The van der Waals surface area contributed by atoms with E-state index in [2.05, 4.69) is 15.6 Å². The summed E-state index contributed by atoms with van der Waals surface area (Å²) in [6.45, 7) is 0. The van der Waals surface area contributed by atoms with Crippen molar-refractivity contribution in [1.29, 1.82) is 0 Å². The summed E-state index contributed by atoms with van der Waals surface area (Å²) in [6, 6.07) is 11.8. The minimum absolute atomic E-state index is 0.348. The van der Waals surface area contributed by atoms with Crippen LogP contribution in [-0.4, -0.2) is 14.9 Å². The molecule has 2 aromatic carbocycles. The lowest BCUT2D eigenvalue weighted by Gasteiger charge is -2.25. The quantitative estimate of drug-likeness (QED) is 0.750. The molecule has 0 saturated heterocycles. The van der Waals surface area contributed by atoms with Crippen LogP contribution < -0.4 is 10.5 Å². The Bertz CT molecular complexity index is 712. The highest BCUT2D eigenvalue weighted by Crippen LogP contribution is 2.24. The summed E-state index contributed by atoms with van der Waals surface area (Å²) in [5.74, 6) is -0.723. The summed E-state index contributed by atoms with van der Waals surface area (Å²) >= 11 is 0. The van der Waals surface area contributed by atoms with E-state index in [4.69, 9.17) is 0 Å². The lowest BCUT2D eigenvalue weighted by atomic mass is 10.2. The van der Waals surface area contributed by atoms with Crippen LogP contribution in [-0.2, 0) is 0 Å². The van der Waals surface area contributed by atoms with Crippen LogP contribution in [0.5, 0.6) is 0 Å². The number of halogens is 2. The first-order valence-electron chi connectivity index (χ1n) is 6.15. The van der Waals surface area contributed by atoms with E-state index in [1.807, 2.05) is 0 Å². The van der Waals surface area contributed by atoms with E-state index in [1.54, 1.807) is 29.3 Å². The van der Waals surface area contributed by atoms with E-state index >= 15 is 0 Å². The second kappa shape index (κ2) is 5.58. The Kier molecular flexibility index (Phi) is 3.46. The molecule has 0 aliphatic carbocycles. The highest BCUT2D eigenvalue weighted by Gasteiger charge is 2.11. The third-order valence-corrected chi connectivity index (χ3v) is 2.77. The fourth-order valence-corrected chi connectivity index (χ4v) is 1.83. The van der Waals surface area contributed by atoms with Gasteiger partial charge in [0.05, 0.1) is 11.4 Å². The molecular weight excluding hydrogens is 276 g/mol. The molecule has 0 aliphatic heterocycles. The van der Waals surface area contributed by atoms with E-state index in [0.29, 0.717) is 11.4 Å². The van der Waals surface area contributed by atoms with Crippen LogP contribution in [0.15, 0.2) is 61.2 Å². The van der Waals surface area contributed by atoms with Crippen LogP contribution in [0.1, 0.15) is 0 Å². The Hall–Kier alpha value is -2.96. The molecule has 0 atom stereocenters. The van der Waals surface area contributed by atoms with Crippen LogP contribution in [0, 0.1) is 11.6 Å². The van der Waals surface area contributed by atoms with Gasteiger partial charge in [-0.15, -0.1) is 9.89 Å². The first-order valence-corrected chi connectivity index (χ1v) is 6.15. The molecule has 106 valence electrons. The smallest absolute Gasteiger partial charge is 0.139 e. The molecule has 0 spiro atoms. The maximum absolute atomic E-state index is 13.4. The summed E-state index contributed by atoms with van der Waals surface area (Å²) in [7, 11) is 0. The molecule has 1 heterocycles. The molecule has 1 aromatic heterocycles. The number of nitrogens with one attached hydrogen (secondary N) is 1. The SMILES string of the molecule is Fc1ccc(N(Nn2cncn2)c2cccc(F)c2)cc1. The zero-order valence-corrected chi connectivity index (χ0v) is 10.8. The first-order chi connectivity index (χ1) is 10.2. The third-order valence-electron chi connectivity index (χ3n) is 2.77. The van der Waals surface area contributed by atoms with Crippen LogP contribution in [0.25, 0.3) is 0 Å². The van der Waals surface area contributed by atoms with Crippen LogP contribution in [0.4, 0.5) is 20.2 Å². The lowest BCUT2D eigenvalue weighted by Crippen LogP contribution is -2.32. The third kappa shape index (κ3) is 2.97. The molecule has 1 N–H and O–H groups in total. The van der Waals surface area contributed by atoms with Gasteiger partial charge < -0.3 is 0 Å². The fraction of sp³-hybridized carbons (Fsp3) is 0. The zero-order valence-electron chi connectivity index (χ0n) is 10.8. The Morgan fingerprint density at radius 1 is 0.952 bits per heavy atom. The van der Waals surface area contributed by atoms with Gasteiger partial charge >= 0.3 is 0 Å². The molecule has 21 heavy (non-hydrogen) atoms. The molecule has 3 rings (SSSR count). The minimum Gasteiger partial charge on any atom is -0.240 e. The van der Waals surface area contributed by atoms with E-state index in [9.17, 15) is 8.78 Å². The molecule has 7 heteroatoms. The van der Waals surface area contributed by atoms with Gasteiger partial charge in [-0.3, -0.25) is 0 Å². The van der Waals surface area contributed by atoms with Gasteiger partial charge in [-0.1, -0.05) is 6.07 Å². The highest BCUT2D eigenvalue weighted by molar-refractivity contribution is 5.63. The van der Waals surface area contributed by atoms with Crippen molar-refractivity contribution in [3.05, 3.63) is 72.8 Å². The number of aromatic nitrogens is 3. The maximum Gasteiger partial charge on any atom is 0.139 e. The molecule has 5 nitrogen and oxygen atoms in total. The molecule has 0 fully saturated rings. The summed E-state index contributed by atoms with van der Waals surface area (Å²) in [6.07, 6.45) is 2.82. The molecular formula is C14H11F2N5. The normalized spacial score (nSPS) is 10.4. The summed E-state index contributed by atoms with van der Waals surface area (Å²) in [5.41, 5.74) is 4.09. The van der Waals surface area contributed by atoms with Crippen molar-refractivity contribution in [2.75, 3.05) is 10.5 Å². The standard InChI is InChI=1S/C14H11F2N5/c15-11-4-6-13(7-5-11)21(19-20-10-17-9-18-20)14-3-1-2-12(16)8-14/h1-10,19H. The molecule has 0 bridgehead atoms. The fourth-order valence-electron chi connectivity index (χ4n) is 1.83. The Morgan fingerprint density at radius 3 is 2.43 bits per heavy atom. The van der Waals surface area contributed by atoms with Crippen molar-refractivity contribution >= 4 is 11.4 Å². The second-order valence-electron chi connectivity index (χ2n) is 4.23. The van der Waals surface area contributed by atoms with Crippen molar-refractivity contribution in [1.82, 2.24) is 14.9 Å². The van der Waals surface area contributed by atoms with Crippen LogP contribution in [0.2, 0.25) is 0 Å². The van der Waals surface area contributed by atoms with Crippen molar-refractivity contribution in [3.8, 4) is 0 Å². The number of hydrogen-bond donors (Lipinski definition) is 1. The van der Waals surface area contributed by atoms with Gasteiger partial charge in [0.2, 0.25) is 0 Å². The van der Waals surface area contributed by atoms with Crippen molar-refractivity contribution in [2.24, 2.45) is 0 Å². The number of benzene rings is 2. The molecule has 0 unspecified atom stereocenters. The van der Waals surface area contributed by atoms with Gasteiger partial charge in [-0.05, 0) is 42.5 Å². The Morgan fingerprint density at radius 2 is 1.76 bits per heavy atom. The first kappa shape index (κ1) is 13.0. The zero-order chi connectivity index (χ0) is 14.7. The van der Waals surface area contributed by atoms with Gasteiger partial charge in [0.25, 0.3) is 0 Å². The number of hydrogen-bond acceptors (Lipinski definition) is 4. The van der Waals surface area contributed by atoms with E-state index in [-0.39, 0.29) is 11.6 Å². The van der Waals surface area contributed by atoms with Crippen molar-refractivity contribution in [2.45, 2.75) is 0 Å². The van der Waals surface area contributed by atoms with Crippen molar-refractivity contribution in [3.63, 3.8) is 0 Å². The molecule has 0 saturated carbocycles. The van der Waals surface area contributed by atoms with Crippen LogP contribution >= 0.6 is 0 Å². The number of rotatable bonds is 4. The largest absolute Gasteiger partial charge is 0.240 e. The number of anilines is 2. The maximum atomic E-state index is 13.4. The summed E-state index contributed by atoms with van der Waals surface area (Å²) < 4.78 is 26.5. The van der Waals surface area contributed by atoms with Gasteiger partial charge in [0.15, 0.2) is 0 Å². The second-order valence-corrected chi connectivity index (χ2v) is 4.23. The summed E-state index contributed by atoms with van der Waals surface area (Å²) in [5, 5.41) is 5.50. The minimum atomic E-state index is -0.375. The number of hydrazine groups is 1. The van der Waals surface area contributed by atoms with Crippen LogP contribution in [0.3, 0.4) is 0 Å². The molecule has 0 amide bonds. The monoisotopic (exact) mass is 287 g/mol. The number of nitrogens with zero attached hydrogens (tertiary/aromatic N) is 4. The van der Waals surface area contributed by atoms with Gasteiger partial charge in [0.1, 0.15) is 24.3 Å². The van der Waals surface area contributed by atoms with Gasteiger partial charge in [-0.25, -0.2) is 24.3 Å². The predicted octanol–water partition coefficient (Wildman–Crippen LogP) is 2.85. The highest BCUT2D eigenvalue weighted by atomic mass is 19.1. The van der Waals surface area contributed by atoms with Gasteiger partial charge in [0, 0.05) is 0 Å². The van der Waals surface area contributed by atoms with Gasteiger partial charge in [-0.2, -0.15) is 0 Å². The molecule has 3 aromatic rings. The van der Waals surface area contributed by atoms with Crippen molar-refractivity contribution < 1.29 is 8.78 Å². The topological polar surface area (TPSA) is 46.0 Å². The summed E-state index contributed by atoms with van der Waals surface area (Å²) in [4.78, 5) is 5.18. The van der Waals surface area contributed by atoms with E-state index in [0.717, 1.165) is 0 Å². The molecule has 0 radical (unpaired) electrons. The average molecular weight is 287 g/mol. The average Bonchev–Trinajstić information content (AvgIpc) is 2.99. The van der Waals surface area contributed by atoms with E-state index in [1.165, 1.54) is 41.7 Å². The van der Waals surface area contributed by atoms with E-state index < -0.39 is 0 Å². The molecule has 0 aliphatic rings.